The van der Waals surface area contributed by atoms with Gasteiger partial charge in [0.25, 0.3) is 0 Å². The number of hydrogen-bond acceptors (Lipinski definition) is 2. The van der Waals surface area contributed by atoms with Crippen LogP contribution < -0.4 is 0 Å². The lowest BCUT2D eigenvalue weighted by Gasteiger charge is -2.18. The lowest BCUT2D eigenvalue weighted by atomic mass is 9.87. The SMILES string of the molecule is [B]C(=C)/C=C(\N=NC=C)C(C)(C)C. The molecule has 0 aliphatic rings. The third kappa shape index (κ3) is 5.18. The van der Waals surface area contributed by atoms with E-state index < -0.39 is 0 Å². The van der Waals surface area contributed by atoms with Gasteiger partial charge in [-0.3, -0.25) is 0 Å². The highest BCUT2D eigenvalue weighted by Gasteiger charge is 2.16. The normalized spacial score (nSPS) is 13.3. The van der Waals surface area contributed by atoms with Crippen molar-refractivity contribution in [2.45, 2.75) is 20.8 Å². The average Bonchev–Trinajstić information content (AvgIpc) is 1.95. The van der Waals surface area contributed by atoms with Crippen molar-refractivity contribution in [3.63, 3.8) is 0 Å². The Bertz CT molecular complexity index is 257. The monoisotopic (exact) mass is 174 g/mol. The van der Waals surface area contributed by atoms with Crippen LogP contribution in [0, 0.1) is 5.41 Å². The molecule has 0 saturated heterocycles. The molecule has 0 aromatic rings. The fourth-order valence-corrected chi connectivity index (χ4v) is 0.674. The van der Waals surface area contributed by atoms with Crippen molar-refractivity contribution in [3.05, 3.63) is 36.6 Å². The lowest BCUT2D eigenvalue weighted by molar-refractivity contribution is 0.492. The predicted molar refractivity (Wildman–Crippen MR) is 57.5 cm³/mol. The van der Waals surface area contributed by atoms with Crippen molar-refractivity contribution in [1.82, 2.24) is 0 Å². The van der Waals surface area contributed by atoms with Crippen LogP contribution in [0.1, 0.15) is 20.8 Å². The highest BCUT2D eigenvalue weighted by molar-refractivity contribution is 6.23. The maximum atomic E-state index is 5.46. The molecule has 0 spiro atoms. The minimum Gasteiger partial charge on any atom is -0.160 e. The van der Waals surface area contributed by atoms with E-state index in [2.05, 4.69) is 23.4 Å². The van der Waals surface area contributed by atoms with Crippen LogP contribution in [0.2, 0.25) is 0 Å². The van der Waals surface area contributed by atoms with E-state index in [1.807, 2.05) is 20.8 Å². The van der Waals surface area contributed by atoms with Gasteiger partial charge < -0.3 is 0 Å². The molecular weight excluding hydrogens is 159 g/mol. The molecule has 2 radical (unpaired) electrons. The van der Waals surface area contributed by atoms with E-state index in [1.165, 1.54) is 6.20 Å². The number of azo groups is 1. The zero-order chi connectivity index (χ0) is 10.5. The topological polar surface area (TPSA) is 24.7 Å². The van der Waals surface area contributed by atoms with Gasteiger partial charge in [0.15, 0.2) is 0 Å². The molecule has 0 aliphatic heterocycles. The summed E-state index contributed by atoms with van der Waals surface area (Å²) in [5.74, 6) is 0. The first-order valence-electron chi connectivity index (χ1n) is 4.06. The predicted octanol–water partition coefficient (Wildman–Crippen LogP) is 3.19. The molecule has 0 unspecified atom stereocenters. The summed E-state index contributed by atoms with van der Waals surface area (Å²) < 4.78 is 0. The second kappa shape index (κ2) is 4.80. The molecular formula is C10H15BN2. The number of allylic oxidation sites excluding steroid dienone is 3. The van der Waals surface area contributed by atoms with Crippen molar-refractivity contribution in [3.8, 4) is 0 Å². The minimum absolute atomic E-state index is 0.0885. The molecule has 0 fully saturated rings. The molecule has 0 bridgehead atoms. The fraction of sp³-hybridized carbons (Fsp3) is 0.400. The molecule has 68 valence electrons. The Morgan fingerprint density at radius 3 is 2.23 bits per heavy atom. The van der Waals surface area contributed by atoms with Crippen LogP contribution in [-0.2, 0) is 0 Å². The highest BCUT2D eigenvalue weighted by Crippen LogP contribution is 2.27. The summed E-state index contributed by atoms with van der Waals surface area (Å²) in [6.07, 6.45) is 3.10. The van der Waals surface area contributed by atoms with E-state index in [0.717, 1.165) is 5.70 Å². The van der Waals surface area contributed by atoms with Crippen LogP contribution in [0.4, 0.5) is 0 Å². The van der Waals surface area contributed by atoms with Crippen LogP contribution in [0.15, 0.2) is 46.8 Å². The standard InChI is InChI=1S/C10H15BN2/c1-6-12-13-9(7-8(2)11)10(3,4)5/h6-7H,1-2H2,3-5H3/b9-7-,13-12?. The van der Waals surface area contributed by atoms with Gasteiger partial charge in [-0.1, -0.05) is 27.4 Å². The number of nitrogens with zero attached hydrogens (tertiary/aromatic N) is 2. The molecule has 0 aliphatic carbocycles. The zero-order valence-corrected chi connectivity index (χ0v) is 8.54. The maximum absolute atomic E-state index is 5.46. The second-order valence-corrected chi connectivity index (χ2v) is 3.75. The molecule has 3 heteroatoms. The van der Waals surface area contributed by atoms with Gasteiger partial charge in [0, 0.05) is 11.6 Å². The largest absolute Gasteiger partial charge is 0.160 e. The van der Waals surface area contributed by atoms with Crippen LogP contribution in [0.25, 0.3) is 0 Å². The van der Waals surface area contributed by atoms with Crippen molar-refractivity contribution in [2.75, 3.05) is 0 Å². The molecule has 2 nitrogen and oxygen atoms in total. The van der Waals surface area contributed by atoms with E-state index >= 15 is 0 Å². The molecule has 0 amide bonds. The first-order valence-corrected chi connectivity index (χ1v) is 4.06. The summed E-state index contributed by atoms with van der Waals surface area (Å²) in [6.45, 7) is 13.1. The summed E-state index contributed by atoms with van der Waals surface area (Å²) in [4.78, 5) is 0. The molecule has 0 heterocycles. The number of hydrogen-bond donors (Lipinski definition) is 0. The third-order valence-corrected chi connectivity index (χ3v) is 1.34. The molecule has 0 rings (SSSR count). The summed E-state index contributed by atoms with van der Waals surface area (Å²) in [5.41, 5.74) is 1.18. The smallest absolute Gasteiger partial charge is 0.113 e. The van der Waals surface area contributed by atoms with Gasteiger partial charge in [-0.2, -0.15) is 10.2 Å². The van der Waals surface area contributed by atoms with Gasteiger partial charge in [0.1, 0.15) is 7.85 Å². The van der Waals surface area contributed by atoms with Gasteiger partial charge in [-0.15, -0.1) is 12.1 Å². The van der Waals surface area contributed by atoms with Crippen LogP contribution >= 0.6 is 0 Å². The van der Waals surface area contributed by atoms with Crippen molar-refractivity contribution in [1.29, 1.82) is 0 Å². The zero-order valence-electron chi connectivity index (χ0n) is 8.54. The first-order chi connectivity index (χ1) is 5.88. The molecule has 0 N–H and O–H groups in total. The third-order valence-electron chi connectivity index (χ3n) is 1.34. The van der Waals surface area contributed by atoms with E-state index in [4.69, 9.17) is 7.85 Å². The first kappa shape index (κ1) is 11.9. The van der Waals surface area contributed by atoms with E-state index in [0.29, 0.717) is 5.47 Å². The van der Waals surface area contributed by atoms with Gasteiger partial charge in [-0.05, 0) is 6.08 Å². The van der Waals surface area contributed by atoms with Crippen LogP contribution in [-0.4, -0.2) is 7.85 Å². The summed E-state index contributed by atoms with van der Waals surface area (Å²) in [5, 5.41) is 7.70. The minimum atomic E-state index is -0.0885. The molecule has 13 heavy (non-hydrogen) atoms. The maximum Gasteiger partial charge on any atom is 0.113 e. The Labute approximate surface area is 81.6 Å². The molecule has 0 aromatic carbocycles. The summed E-state index contributed by atoms with van der Waals surface area (Å²) >= 11 is 0. The van der Waals surface area contributed by atoms with E-state index in [1.54, 1.807) is 6.08 Å². The fourth-order valence-electron chi connectivity index (χ4n) is 0.674. The quantitative estimate of drug-likeness (QED) is 0.356. The summed E-state index contributed by atoms with van der Waals surface area (Å²) in [7, 11) is 5.46. The van der Waals surface area contributed by atoms with Crippen molar-refractivity contribution in [2.24, 2.45) is 15.6 Å². The lowest BCUT2D eigenvalue weighted by Crippen LogP contribution is -2.07. The van der Waals surface area contributed by atoms with Gasteiger partial charge in [-0.25, -0.2) is 0 Å². The van der Waals surface area contributed by atoms with Gasteiger partial charge in [0.05, 0.1) is 5.70 Å². The van der Waals surface area contributed by atoms with E-state index in [9.17, 15) is 0 Å². The Kier molecular flexibility index (Phi) is 4.39. The second-order valence-electron chi connectivity index (χ2n) is 3.75. The average molecular weight is 174 g/mol. The van der Waals surface area contributed by atoms with Crippen molar-refractivity contribution < 1.29 is 0 Å². The Hall–Kier alpha value is -1.12. The van der Waals surface area contributed by atoms with Gasteiger partial charge in [0.2, 0.25) is 0 Å². The number of rotatable bonds is 3. The molecule has 0 atom stereocenters. The van der Waals surface area contributed by atoms with Gasteiger partial charge >= 0.3 is 0 Å². The van der Waals surface area contributed by atoms with Crippen molar-refractivity contribution >= 4 is 7.85 Å². The van der Waals surface area contributed by atoms with Crippen LogP contribution in [0.3, 0.4) is 0 Å². The highest BCUT2D eigenvalue weighted by atomic mass is 15.1. The Morgan fingerprint density at radius 2 is 1.92 bits per heavy atom. The van der Waals surface area contributed by atoms with Crippen LogP contribution in [0.5, 0.6) is 0 Å². The van der Waals surface area contributed by atoms with E-state index in [-0.39, 0.29) is 5.41 Å². The molecule has 0 aromatic heterocycles. The Morgan fingerprint density at radius 1 is 1.38 bits per heavy atom. The Balaban J connectivity index is 4.87. The summed E-state index contributed by atoms with van der Waals surface area (Å²) in [6, 6.07) is 0. The molecule has 0 saturated carbocycles.